The first kappa shape index (κ1) is 15.1. The summed E-state index contributed by atoms with van der Waals surface area (Å²) in [5.41, 5.74) is 0. The normalized spacial score (nSPS) is 26.0. The topological polar surface area (TPSA) is 116 Å². The van der Waals surface area contributed by atoms with Crippen LogP contribution in [0.4, 0.5) is 4.79 Å². The molecule has 0 aliphatic carbocycles. The van der Waals surface area contributed by atoms with Crippen LogP contribution in [-0.4, -0.2) is 64.7 Å². The van der Waals surface area contributed by atoms with Gasteiger partial charge in [0, 0.05) is 13.0 Å². The van der Waals surface area contributed by atoms with Crippen molar-refractivity contribution in [3.8, 4) is 0 Å². The van der Waals surface area contributed by atoms with Gasteiger partial charge in [0.05, 0.1) is 7.11 Å². The van der Waals surface area contributed by atoms with Crippen molar-refractivity contribution >= 4 is 23.9 Å². The van der Waals surface area contributed by atoms with E-state index in [2.05, 4.69) is 10.1 Å². The molecule has 2 aliphatic heterocycles. The number of carboxylic acid groups (broad SMARTS) is 1. The Morgan fingerprint density at radius 3 is 2.67 bits per heavy atom. The van der Waals surface area contributed by atoms with E-state index >= 15 is 0 Å². The Bertz CT molecular complexity index is 480. The lowest BCUT2D eigenvalue weighted by Crippen LogP contribution is -2.62. The molecule has 0 saturated carbocycles. The number of hydrogen-bond acceptors (Lipinski definition) is 5. The fourth-order valence-electron chi connectivity index (χ4n) is 2.59. The molecule has 2 saturated heterocycles. The maximum Gasteiger partial charge on any atom is 0.407 e. The van der Waals surface area contributed by atoms with Crippen molar-refractivity contribution < 1.29 is 29.0 Å². The van der Waals surface area contributed by atoms with Crippen LogP contribution in [0.15, 0.2) is 0 Å². The first-order valence-electron chi connectivity index (χ1n) is 6.66. The van der Waals surface area contributed by atoms with E-state index in [-0.39, 0.29) is 25.2 Å². The highest BCUT2D eigenvalue weighted by molar-refractivity contribution is 5.93. The van der Waals surface area contributed by atoms with E-state index in [4.69, 9.17) is 0 Å². The number of hydrogen-bond donors (Lipinski definition) is 2. The molecule has 2 heterocycles. The van der Waals surface area contributed by atoms with Crippen molar-refractivity contribution in [2.45, 2.75) is 37.8 Å². The van der Waals surface area contributed by atoms with Crippen LogP contribution in [0.25, 0.3) is 0 Å². The maximum atomic E-state index is 12.5. The summed E-state index contributed by atoms with van der Waals surface area (Å²) >= 11 is 0. The number of ether oxygens (including phenoxy) is 1. The zero-order chi connectivity index (χ0) is 15.6. The van der Waals surface area contributed by atoms with Gasteiger partial charge >= 0.3 is 12.1 Å². The van der Waals surface area contributed by atoms with Gasteiger partial charge in [-0.15, -0.1) is 0 Å². The minimum atomic E-state index is -1.17. The van der Waals surface area contributed by atoms with Gasteiger partial charge in [0.1, 0.15) is 6.04 Å². The Labute approximate surface area is 120 Å². The van der Waals surface area contributed by atoms with Crippen LogP contribution >= 0.6 is 0 Å². The highest BCUT2D eigenvalue weighted by atomic mass is 16.5. The van der Waals surface area contributed by atoms with Gasteiger partial charge in [-0.3, -0.25) is 14.6 Å². The van der Waals surface area contributed by atoms with Crippen LogP contribution in [-0.2, 0) is 19.1 Å². The van der Waals surface area contributed by atoms with Crippen molar-refractivity contribution in [1.29, 1.82) is 0 Å². The minimum absolute atomic E-state index is 0.0588. The number of methoxy groups -OCH3 is 1. The Morgan fingerprint density at radius 2 is 2.05 bits per heavy atom. The number of hydrazine groups is 1. The van der Waals surface area contributed by atoms with Crippen molar-refractivity contribution in [2.24, 2.45) is 0 Å². The van der Waals surface area contributed by atoms with Gasteiger partial charge in [-0.05, 0) is 19.3 Å². The molecule has 0 aromatic heterocycles. The van der Waals surface area contributed by atoms with Gasteiger partial charge in [-0.25, -0.2) is 14.6 Å². The van der Waals surface area contributed by atoms with Crippen molar-refractivity contribution in [3.05, 3.63) is 0 Å². The summed E-state index contributed by atoms with van der Waals surface area (Å²) in [5.74, 6) is -2.08. The summed E-state index contributed by atoms with van der Waals surface area (Å²) in [6, 6.07) is -2.05. The lowest BCUT2D eigenvalue weighted by Gasteiger charge is -2.41. The van der Waals surface area contributed by atoms with Gasteiger partial charge in [-0.2, -0.15) is 0 Å². The molecule has 21 heavy (non-hydrogen) atoms. The molecule has 0 aromatic carbocycles. The van der Waals surface area contributed by atoms with Crippen LogP contribution in [0.2, 0.25) is 0 Å². The van der Waals surface area contributed by atoms with Gasteiger partial charge < -0.3 is 15.2 Å². The van der Waals surface area contributed by atoms with Crippen LogP contribution in [0.5, 0.6) is 0 Å². The molecule has 9 nitrogen and oxygen atoms in total. The van der Waals surface area contributed by atoms with Gasteiger partial charge in [0.2, 0.25) is 5.91 Å². The molecule has 2 unspecified atom stereocenters. The zero-order valence-electron chi connectivity index (χ0n) is 11.6. The quantitative estimate of drug-likeness (QED) is 0.698. The molecule has 0 aromatic rings. The zero-order valence-corrected chi connectivity index (χ0v) is 11.6. The third kappa shape index (κ3) is 2.91. The SMILES string of the molecule is COC(=O)NC1CCC(=O)N2CCCC(C(=O)O)N2C1=O. The Morgan fingerprint density at radius 1 is 1.33 bits per heavy atom. The van der Waals surface area contributed by atoms with E-state index in [0.29, 0.717) is 13.0 Å². The fraction of sp³-hybridized carbons (Fsp3) is 0.667. The number of carbonyl (C=O) groups excluding carboxylic acids is 3. The van der Waals surface area contributed by atoms with Crippen molar-refractivity contribution in [2.75, 3.05) is 13.7 Å². The number of carbonyl (C=O) groups is 4. The predicted molar refractivity (Wildman–Crippen MR) is 67.8 cm³/mol. The molecule has 2 rings (SSSR count). The standard InChI is InChI=1S/C12H17N3O6/c1-21-12(20)13-7-4-5-9(16)14-6-2-3-8(11(18)19)15(14)10(7)17/h7-8H,2-6H2,1H3,(H,13,20)(H,18,19). The lowest BCUT2D eigenvalue weighted by molar-refractivity contribution is -0.180. The second-order valence-electron chi connectivity index (χ2n) is 4.92. The molecule has 0 radical (unpaired) electrons. The molecule has 9 heteroatoms. The van der Waals surface area contributed by atoms with Crippen molar-refractivity contribution in [3.63, 3.8) is 0 Å². The Balaban J connectivity index is 2.28. The van der Waals surface area contributed by atoms with E-state index in [0.717, 1.165) is 12.1 Å². The van der Waals surface area contributed by atoms with E-state index in [1.807, 2.05) is 0 Å². The van der Waals surface area contributed by atoms with Gasteiger partial charge in [-0.1, -0.05) is 0 Å². The third-order valence-corrected chi connectivity index (χ3v) is 3.62. The number of carboxylic acids is 1. The predicted octanol–water partition coefficient (Wildman–Crippen LogP) is -0.676. The summed E-state index contributed by atoms with van der Waals surface area (Å²) in [7, 11) is 1.16. The monoisotopic (exact) mass is 299 g/mol. The lowest BCUT2D eigenvalue weighted by atomic mass is 10.1. The van der Waals surface area contributed by atoms with Crippen LogP contribution in [0, 0.1) is 0 Å². The van der Waals surface area contributed by atoms with Gasteiger partial charge in [0.15, 0.2) is 6.04 Å². The number of fused-ring (bicyclic) bond motifs is 1. The number of amides is 3. The molecule has 3 amide bonds. The highest BCUT2D eigenvalue weighted by Gasteiger charge is 2.44. The van der Waals surface area contributed by atoms with Gasteiger partial charge in [0.25, 0.3) is 5.91 Å². The molecule has 0 bridgehead atoms. The van der Waals surface area contributed by atoms with Crippen LogP contribution in [0.3, 0.4) is 0 Å². The van der Waals surface area contributed by atoms with E-state index in [9.17, 15) is 24.3 Å². The Kier molecular flexibility index (Phi) is 4.29. The van der Waals surface area contributed by atoms with Crippen LogP contribution < -0.4 is 5.32 Å². The summed E-state index contributed by atoms with van der Waals surface area (Å²) in [6.45, 7) is 0.305. The molecular formula is C12H17N3O6. The average Bonchev–Trinajstić information content (AvgIpc) is 2.59. The second kappa shape index (κ2) is 5.98. The minimum Gasteiger partial charge on any atom is -0.480 e. The first-order chi connectivity index (χ1) is 9.95. The molecular weight excluding hydrogens is 282 g/mol. The number of alkyl carbamates (subject to hydrolysis) is 1. The summed E-state index contributed by atoms with van der Waals surface area (Å²) in [4.78, 5) is 47.1. The number of nitrogens with zero attached hydrogens (tertiary/aromatic N) is 2. The highest BCUT2D eigenvalue weighted by Crippen LogP contribution is 2.24. The summed E-state index contributed by atoms with van der Waals surface area (Å²) in [5, 5.41) is 13.7. The smallest absolute Gasteiger partial charge is 0.407 e. The fourth-order valence-corrected chi connectivity index (χ4v) is 2.59. The molecule has 2 fully saturated rings. The first-order valence-corrected chi connectivity index (χ1v) is 6.66. The number of rotatable bonds is 2. The summed E-state index contributed by atoms with van der Waals surface area (Å²) < 4.78 is 4.44. The maximum absolute atomic E-state index is 12.5. The molecule has 2 N–H and O–H groups in total. The Hall–Kier alpha value is -2.32. The number of nitrogens with one attached hydrogen (secondary N) is 1. The molecule has 116 valence electrons. The average molecular weight is 299 g/mol. The van der Waals surface area contributed by atoms with Crippen LogP contribution in [0.1, 0.15) is 25.7 Å². The van der Waals surface area contributed by atoms with E-state index in [1.165, 1.54) is 5.01 Å². The molecule has 2 aliphatic rings. The summed E-state index contributed by atoms with van der Waals surface area (Å²) in [6.07, 6.45) is 0.172. The largest absolute Gasteiger partial charge is 0.480 e. The number of aliphatic carboxylic acids is 1. The van der Waals surface area contributed by atoms with Crippen molar-refractivity contribution in [1.82, 2.24) is 15.3 Å². The molecule has 0 spiro atoms. The van der Waals surface area contributed by atoms with E-state index in [1.54, 1.807) is 0 Å². The third-order valence-electron chi connectivity index (χ3n) is 3.62. The van der Waals surface area contributed by atoms with E-state index < -0.39 is 30.1 Å². The molecule has 2 atom stereocenters. The second-order valence-corrected chi connectivity index (χ2v) is 4.92.